The Morgan fingerprint density at radius 2 is 2.23 bits per heavy atom. The zero-order valence-corrected chi connectivity index (χ0v) is 13.0. The number of nitrogens with one attached hydrogen (secondary N) is 2. The van der Waals surface area contributed by atoms with Gasteiger partial charge in [-0.15, -0.1) is 0 Å². The number of anilines is 1. The lowest BCUT2D eigenvalue weighted by atomic mass is 10.2. The van der Waals surface area contributed by atoms with E-state index in [0.717, 1.165) is 18.7 Å². The number of aromatic nitrogens is 1. The number of rotatable bonds is 2. The summed E-state index contributed by atoms with van der Waals surface area (Å²) >= 11 is 5.96. The van der Waals surface area contributed by atoms with Crippen molar-refractivity contribution < 1.29 is 13.2 Å². The maximum absolute atomic E-state index is 12.6. The summed E-state index contributed by atoms with van der Waals surface area (Å²) < 4.78 is 37.9. The number of guanidine groups is 1. The van der Waals surface area contributed by atoms with Gasteiger partial charge in [-0.2, -0.15) is 13.2 Å². The summed E-state index contributed by atoms with van der Waals surface area (Å²) in [5, 5.41) is 6.15. The lowest BCUT2D eigenvalue weighted by Gasteiger charge is -2.20. The van der Waals surface area contributed by atoms with Crippen molar-refractivity contribution in [3.63, 3.8) is 0 Å². The van der Waals surface area contributed by atoms with Gasteiger partial charge >= 0.3 is 6.18 Å². The third-order valence-corrected chi connectivity index (χ3v) is 3.72. The Bertz CT molecular complexity index is 561. The van der Waals surface area contributed by atoms with E-state index in [4.69, 9.17) is 11.6 Å². The summed E-state index contributed by atoms with van der Waals surface area (Å²) in [5.74, 6) is 1.04. The van der Waals surface area contributed by atoms with Crippen LogP contribution in [-0.2, 0) is 6.18 Å². The molecule has 22 heavy (non-hydrogen) atoms. The van der Waals surface area contributed by atoms with Gasteiger partial charge < -0.3 is 15.5 Å². The molecular formula is C13H17ClF3N5. The highest BCUT2D eigenvalue weighted by Crippen LogP contribution is 2.34. The van der Waals surface area contributed by atoms with E-state index in [1.54, 1.807) is 14.1 Å². The number of hydrogen-bond donors (Lipinski definition) is 2. The van der Waals surface area contributed by atoms with Crippen molar-refractivity contribution >= 4 is 23.4 Å². The molecule has 1 aliphatic heterocycles. The lowest BCUT2D eigenvalue weighted by Crippen LogP contribution is -2.43. The van der Waals surface area contributed by atoms with E-state index in [-0.39, 0.29) is 11.1 Å². The zero-order valence-electron chi connectivity index (χ0n) is 12.2. The predicted octanol–water partition coefficient (Wildman–Crippen LogP) is 2.13. The molecule has 1 aromatic rings. The van der Waals surface area contributed by atoms with Gasteiger partial charge in [0.15, 0.2) is 5.96 Å². The van der Waals surface area contributed by atoms with Crippen molar-refractivity contribution in [2.24, 2.45) is 4.99 Å². The number of hydrogen-bond acceptors (Lipinski definition) is 3. The number of halogens is 4. The summed E-state index contributed by atoms with van der Waals surface area (Å²) in [6.45, 7) is 1.26. The molecule has 1 aliphatic rings. The van der Waals surface area contributed by atoms with Crippen LogP contribution in [0.2, 0.25) is 5.02 Å². The van der Waals surface area contributed by atoms with E-state index in [0.29, 0.717) is 24.9 Å². The van der Waals surface area contributed by atoms with E-state index in [1.807, 2.05) is 4.90 Å². The van der Waals surface area contributed by atoms with Gasteiger partial charge in [-0.3, -0.25) is 4.99 Å². The van der Waals surface area contributed by atoms with Crippen molar-refractivity contribution in [1.29, 1.82) is 0 Å². The molecule has 122 valence electrons. The molecule has 9 heteroatoms. The van der Waals surface area contributed by atoms with Gasteiger partial charge in [0, 0.05) is 39.4 Å². The Labute approximate surface area is 131 Å². The molecule has 0 aromatic carbocycles. The minimum atomic E-state index is -4.44. The number of nitrogens with zero attached hydrogens (tertiary/aromatic N) is 3. The van der Waals surface area contributed by atoms with Crippen LogP contribution in [0, 0.1) is 0 Å². The second-order valence-electron chi connectivity index (χ2n) is 4.93. The van der Waals surface area contributed by atoms with E-state index >= 15 is 0 Å². The third kappa shape index (κ3) is 3.73. The monoisotopic (exact) mass is 335 g/mol. The highest BCUT2D eigenvalue weighted by atomic mass is 35.5. The predicted molar refractivity (Wildman–Crippen MR) is 80.4 cm³/mol. The number of alkyl halides is 3. The second-order valence-corrected chi connectivity index (χ2v) is 5.33. The normalized spacial score (nSPS) is 19.5. The van der Waals surface area contributed by atoms with Crippen molar-refractivity contribution in [3.8, 4) is 0 Å². The zero-order chi connectivity index (χ0) is 16.3. The topological polar surface area (TPSA) is 52.6 Å². The molecular weight excluding hydrogens is 319 g/mol. The Balaban J connectivity index is 2.08. The highest BCUT2D eigenvalue weighted by Gasteiger charge is 2.33. The summed E-state index contributed by atoms with van der Waals surface area (Å²) in [4.78, 5) is 9.78. The van der Waals surface area contributed by atoms with Gasteiger partial charge in [0.2, 0.25) is 0 Å². The summed E-state index contributed by atoms with van der Waals surface area (Å²) in [5.41, 5.74) is -0.842. The first-order chi connectivity index (χ1) is 10.3. The van der Waals surface area contributed by atoms with Crippen LogP contribution < -0.4 is 15.5 Å². The molecule has 1 atom stereocenters. The third-order valence-electron chi connectivity index (χ3n) is 3.44. The van der Waals surface area contributed by atoms with Gasteiger partial charge in [0.05, 0.1) is 10.6 Å². The van der Waals surface area contributed by atoms with Crippen LogP contribution >= 0.6 is 11.6 Å². The Hall–Kier alpha value is -1.70. The smallest absolute Gasteiger partial charge is 0.359 e. The Morgan fingerprint density at radius 1 is 1.50 bits per heavy atom. The maximum Gasteiger partial charge on any atom is 0.417 e. The molecule has 1 saturated heterocycles. The molecule has 0 spiro atoms. The molecule has 1 unspecified atom stereocenters. The largest absolute Gasteiger partial charge is 0.417 e. The molecule has 2 rings (SSSR count). The lowest BCUT2D eigenvalue weighted by molar-refractivity contribution is -0.137. The fourth-order valence-corrected chi connectivity index (χ4v) is 2.62. The van der Waals surface area contributed by atoms with E-state index in [9.17, 15) is 13.2 Å². The van der Waals surface area contributed by atoms with Gasteiger partial charge in [-0.25, -0.2) is 4.98 Å². The van der Waals surface area contributed by atoms with Crippen LogP contribution in [0.4, 0.5) is 19.0 Å². The number of pyridine rings is 1. The van der Waals surface area contributed by atoms with Crippen LogP contribution in [0.15, 0.2) is 17.3 Å². The van der Waals surface area contributed by atoms with Gasteiger partial charge in [0.1, 0.15) is 5.82 Å². The SMILES string of the molecule is CN=C(NC)NC1CCN(c2ncc(C(F)(F)F)cc2Cl)C1. The second kappa shape index (κ2) is 6.60. The summed E-state index contributed by atoms with van der Waals surface area (Å²) in [6, 6.07) is 1.04. The Morgan fingerprint density at radius 3 is 2.77 bits per heavy atom. The van der Waals surface area contributed by atoms with E-state index in [2.05, 4.69) is 20.6 Å². The van der Waals surface area contributed by atoms with Crippen molar-refractivity contribution in [1.82, 2.24) is 15.6 Å². The summed E-state index contributed by atoms with van der Waals surface area (Å²) in [6.07, 6.45) is -2.81. The van der Waals surface area contributed by atoms with Gasteiger partial charge in [0.25, 0.3) is 0 Å². The van der Waals surface area contributed by atoms with Gasteiger partial charge in [-0.05, 0) is 12.5 Å². The quantitative estimate of drug-likeness (QED) is 0.642. The minimum Gasteiger partial charge on any atom is -0.359 e. The first-order valence-electron chi connectivity index (χ1n) is 6.74. The maximum atomic E-state index is 12.6. The molecule has 5 nitrogen and oxygen atoms in total. The van der Waals surface area contributed by atoms with Crippen LogP contribution in [-0.4, -0.2) is 44.2 Å². The van der Waals surface area contributed by atoms with Crippen molar-refractivity contribution in [3.05, 3.63) is 22.8 Å². The van der Waals surface area contributed by atoms with Crippen LogP contribution in [0.5, 0.6) is 0 Å². The van der Waals surface area contributed by atoms with Crippen molar-refractivity contribution in [2.75, 3.05) is 32.1 Å². The first kappa shape index (κ1) is 16.7. The molecule has 0 saturated carbocycles. The van der Waals surface area contributed by atoms with Crippen LogP contribution in [0.25, 0.3) is 0 Å². The average molecular weight is 336 g/mol. The van der Waals surface area contributed by atoms with Crippen LogP contribution in [0.1, 0.15) is 12.0 Å². The van der Waals surface area contributed by atoms with Crippen LogP contribution in [0.3, 0.4) is 0 Å². The molecule has 1 fully saturated rings. The first-order valence-corrected chi connectivity index (χ1v) is 7.11. The minimum absolute atomic E-state index is 0.00785. The molecule has 2 heterocycles. The van der Waals surface area contributed by atoms with Gasteiger partial charge in [-0.1, -0.05) is 11.6 Å². The van der Waals surface area contributed by atoms with E-state index < -0.39 is 11.7 Å². The highest BCUT2D eigenvalue weighted by molar-refractivity contribution is 6.33. The molecule has 1 aromatic heterocycles. The molecule has 2 N–H and O–H groups in total. The summed E-state index contributed by atoms with van der Waals surface area (Å²) in [7, 11) is 3.43. The van der Waals surface area contributed by atoms with E-state index in [1.165, 1.54) is 0 Å². The fraction of sp³-hybridized carbons (Fsp3) is 0.538. The molecule has 0 bridgehead atoms. The molecule has 0 aliphatic carbocycles. The van der Waals surface area contributed by atoms with Crippen molar-refractivity contribution in [2.45, 2.75) is 18.6 Å². The fourth-order valence-electron chi connectivity index (χ4n) is 2.33. The number of aliphatic imine (C=N–C) groups is 1. The standard InChI is InChI=1S/C13H17ClF3N5/c1-18-12(19-2)21-9-3-4-22(7-9)11-10(14)5-8(6-20-11)13(15,16)17/h5-6,9H,3-4,7H2,1-2H3,(H2,18,19,21). The average Bonchev–Trinajstić information content (AvgIpc) is 2.92. The molecule has 0 amide bonds. The Kier molecular flexibility index (Phi) is 5.00. The molecule has 0 radical (unpaired) electrons.